The predicted octanol–water partition coefficient (Wildman–Crippen LogP) is 3.96. The van der Waals surface area contributed by atoms with Gasteiger partial charge in [0.15, 0.2) is 0 Å². The second-order valence-corrected chi connectivity index (χ2v) is 6.82. The highest BCUT2D eigenvalue weighted by molar-refractivity contribution is 6.31. The summed E-state index contributed by atoms with van der Waals surface area (Å²) in [5.41, 5.74) is 9.25. The summed E-state index contributed by atoms with van der Waals surface area (Å²) in [6.45, 7) is 0. The summed E-state index contributed by atoms with van der Waals surface area (Å²) in [4.78, 5) is 17.0. The average molecular weight is 404 g/mol. The number of hydrogen-bond acceptors (Lipinski definition) is 5. The van der Waals surface area contributed by atoms with Gasteiger partial charge in [-0.2, -0.15) is 5.10 Å². The second-order valence-electron chi connectivity index (χ2n) is 6.38. The number of fused-ring (bicyclic) bond motifs is 1. The molecule has 0 aliphatic carbocycles. The Balaban J connectivity index is 1.67. The zero-order valence-corrected chi connectivity index (χ0v) is 16.4. The van der Waals surface area contributed by atoms with E-state index in [4.69, 9.17) is 16.7 Å². The number of hydrogen-bond donors (Lipinski definition) is 2. The van der Waals surface area contributed by atoms with Crippen LogP contribution in [0.25, 0.3) is 0 Å². The molecule has 3 aromatic carbocycles. The fourth-order valence-corrected chi connectivity index (χ4v) is 3.10. The predicted molar refractivity (Wildman–Crippen MR) is 115 cm³/mol. The third-order valence-corrected chi connectivity index (χ3v) is 4.60. The minimum atomic E-state index is -0.269. The van der Waals surface area contributed by atoms with Crippen molar-refractivity contribution in [3.63, 3.8) is 0 Å². The second kappa shape index (κ2) is 8.16. The van der Waals surface area contributed by atoms with Crippen LogP contribution in [0.2, 0.25) is 5.02 Å². The van der Waals surface area contributed by atoms with Crippen molar-refractivity contribution in [2.75, 3.05) is 7.05 Å². The van der Waals surface area contributed by atoms with Crippen LogP contribution >= 0.6 is 11.6 Å². The number of nitrogens with one attached hydrogen (secondary N) is 2. The number of nitrogens with zero attached hydrogens (tertiary/aromatic N) is 3. The van der Waals surface area contributed by atoms with E-state index in [1.165, 1.54) is 0 Å². The van der Waals surface area contributed by atoms with E-state index in [0.717, 1.165) is 16.8 Å². The van der Waals surface area contributed by atoms with Gasteiger partial charge in [0, 0.05) is 28.8 Å². The number of carbonyl (C=O) groups excluding carboxylic acids is 1. The van der Waals surface area contributed by atoms with Crippen LogP contribution in [0.4, 0.5) is 5.69 Å². The van der Waals surface area contributed by atoms with Crippen LogP contribution in [0.15, 0.2) is 89.0 Å². The largest absolute Gasteiger partial charge is 0.269 e. The van der Waals surface area contributed by atoms with Crippen LogP contribution in [0.5, 0.6) is 0 Å². The monoisotopic (exact) mass is 403 g/mol. The summed E-state index contributed by atoms with van der Waals surface area (Å²) in [7, 11) is 1.76. The minimum absolute atomic E-state index is 0.269. The van der Waals surface area contributed by atoms with Gasteiger partial charge in [-0.15, -0.1) is 0 Å². The summed E-state index contributed by atoms with van der Waals surface area (Å²) >= 11 is 6.24. The Morgan fingerprint density at radius 2 is 1.66 bits per heavy atom. The van der Waals surface area contributed by atoms with Crippen molar-refractivity contribution in [3.05, 3.63) is 101 Å². The highest BCUT2D eigenvalue weighted by Gasteiger charge is 2.20. The normalized spacial score (nSPS) is 13.0. The van der Waals surface area contributed by atoms with Gasteiger partial charge < -0.3 is 0 Å². The van der Waals surface area contributed by atoms with Crippen molar-refractivity contribution in [3.8, 4) is 0 Å². The Morgan fingerprint density at radius 3 is 2.38 bits per heavy atom. The molecule has 3 aromatic rings. The van der Waals surface area contributed by atoms with E-state index >= 15 is 0 Å². The first-order valence-corrected chi connectivity index (χ1v) is 9.37. The van der Waals surface area contributed by atoms with Gasteiger partial charge in [0.2, 0.25) is 5.96 Å². The van der Waals surface area contributed by atoms with Crippen LogP contribution in [-0.4, -0.2) is 29.6 Å². The topological polar surface area (TPSA) is 69.1 Å². The summed E-state index contributed by atoms with van der Waals surface area (Å²) in [5, 5.41) is 6.89. The van der Waals surface area contributed by atoms with Crippen LogP contribution in [0, 0.1) is 0 Å². The Kier molecular flexibility index (Phi) is 5.27. The number of amides is 1. The van der Waals surface area contributed by atoms with Crippen LogP contribution in [0.1, 0.15) is 21.5 Å². The number of carbonyl (C=O) groups is 1. The number of hydrazine groups is 1. The molecule has 0 aromatic heterocycles. The van der Waals surface area contributed by atoms with Gasteiger partial charge in [-0.25, -0.2) is 10.0 Å². The van der Waals surface area contributed by atoms with Crippen molar-refractivity contribution < 1.29 is 4.79 Å². The van der Waals surface area contributed by atoms with Crippen molar-refractivity contribution >= 4 is 34.9 Å². The third kappa shape index (κ3) is 4.12. The molecule has 0 spiro atoms. The molecule has 1 aliphatic rings. The number of benzene rings is 3. The molecular weight excluding hydrogens is 386 g/mol. The Hall–Kier alpha value is -3.64. The lowest BCUT2D eigenvalue weighted by atomic mass is 10.0. The van der Waals surface area contributed by atoms with E-state index in [9.17, 15) is 4.79 Å². The van der Waals surface area contributed by atoms with E-state index in [-0.39, 0.29) is 5.91 Å². The van der Waals surface area contributed by atoms with Gasteiger partial charge in [0.25, 0.3) is 5.91 Å². The van der Waals surface area contributed by atoms with Crippen molar-refractivity contribution in [2.24, 2.45) is 10.1 Å². The molecule has 0 atom stereocenters. The summed E-state index contributed by atoms with van der Waals surface area (Å²) in [6.07, 6.45) is 0. The molecule has 1 aliphatic heterocycles. The molecule has 1 heterocycles. The molecule has 0 saturated carbocycles. The molecule has 144 valence electrons. The quantitative estimate of drug-likeness (QED) is 0.636. The molecule has 0 bridgehead atoms. The molecule has 4 rings (SSSR count). The van der Waals surface area contributed by atoms with E-state index in [1.807, 2.05) is 48.5 Å². The fourth-order valence-electron chi connectivity index (χ4n) is 2.93. The number of rotatable bonds is 2. The highest BCUT2D eigenvalue weighted by atomic mass is 35.5. The van der Waals surface area contributed by atoms with Gasteiger partial charge >= 0.3 is 0 Å². The number of halogens is 1. The standard InChI is InChI=1S/C22H18ClN5O/c1-28-22(26-25-21(29)16-10-6-3-7-11-16)24-19-13-12-17(23)14-18(19)20(27-28)15-8-4-2-5-9-15/h2-14H,1H3,(H,24,26)(H,25,29). The van der Waals surface area contributed by atoms with Gasteiger partial charge in [-0.1, -0.05) is 60.1 Å². The lowest BCUT2D eigenvalue weighted by Gasteiger charge is -2.17. The molecule has 0 saturated heterocycles. The Morgan fingerprint density at radius 1 is 0.966 bits per heavy atom. The molecule has 29 heavy (non-hydrogen) atoms. The van der Waals surface area contributed by atoms with Gasteiger partial charge in [-0.3, -0.25) is 15.6 Å². The van der Waals surface area contributed by atoms with E-state index in [1.54, 1.807) is 42.4 Å². The first kappa shape index (κ1) is 18.7. The number of aliphatic imine (C=N–C) groups is 1. The summed E-state index contributed by atoms with van der Waals surface area (Å²) in [5.74, 6) is 0.110. The summed E-state index contributed by atoms with van der Waals surface area (Å²) in [6, 6.07) is 24.2. The molecule has 0 radical (unpaired) electrons. The molecule has 1 amide bonds. The maximum absolute atomic E-state index is 12.4. The van der Waals surface area contributed by atoms with Crippen LogP contribution < -0.4 is 10.9 Å². The zero-order valence-electron chi connectivity index (χ0n) is 15.6. The lowest BCUT2D eigenvalue weighted by molar-refractivity contribution is 0.0942. The van der Waals surface area contributed by atoms with E-state index < -0.39 is 0 Å². The number of hydrazone groups is 1. The smallest absolute Gasteiger partial charge is 0.267 e. The SMILES string of the molecule is CN1N=C(c2ccccc2)c2cc(Cl)ccc2N=C1NNC(=O)c1ccccc1. The van der Waals surface area contributed by atoms with E-state index in [2.05, 4.69) is 15.8 Å². The lowest BCUT2D eigenvalue weighted by Crippen LogP contribution is -2.47. The minimum Gasteiger partial charge on any atom is -0.267 e. The Bertz CT molecular complexity index is 1100. The van der Waals surface area contributed by atoms with Crippen molar-refractivity contribution in [2.45, 2.75) is 0 Å². The van der Waals surface area contributed by atoms with E-state index in [0.29, 0.717) is 22.2 Å². The van der Waals surface area contributed by atoms with Gasteiger partial charge in [0.1, 0.15) is 5.71 Å². The molecular formula is C22H18ClN5O. The zero-order chi connectivity index (χ0) is 20.2. The maximum Gasteiger partial charge on any atom is 0.269 e. The van der Waals surface area contributed by atoms with Gasteiger partial charge in [0.05, 0.1) is 5.69 Å². The van der Waals surface area contributed by atoms with Crippen LogP contribution in [0.3, 0.4) is 0 Å². The average Bonchev–Trinajstić information content (AvgIpc) is 2.89. The first-order valence-electron chi connectivity index (χ1n) is 8.99. The molecule has 0 fully saturated rings. The number of guanidine groups is 1. The molecule has 0 unspecified atom stereocenters. The fraction of sp³-hybridized carbons (Fsp3) is 0.0455. The van der Waals surface area contributed by atoms with Crippen LogP contribution in [-0.2, 0) is 0 Å². The third-order valence-electron chi connectivity index (χ3n) is 4.37. The van der Waals surface area contributed by atoms with Crippen molar-refractivity contribution in [1.82, 2.24) is 15.9 Å². The Labute approximate surface area is 173 Å². The van der Waals surface area contributed by atoms with Gasteiger partial charge in [-0.05, 0) is 30.3 Å². The molecule has 2 N–H and O–H groups in total. The summed E-state index contributed by atoms with van der Waals surface area (Å²) < 4.78 is 0. The molecule has 7 heteroatoms. The first-order chi connectivity index (χ1) is 14.1. The highest BCUT2D eigenvalue weighted by Crippen LogP contribution is 2.28. The maximum atomic E-state index is 12.4. The van der Waals surface area contributed by atoms with Crippen molar-refractivity contribution in [1.29, 1.82) is 0 Å². The molecule has 6 nitrogen and oxygen atoms in total.